The van der Waals surface area contributed by atoms with Gasteiger partial charge in [-0.05, 0) is 24.8 Å². The molecule has 0 aliphatic heterocycles. The predicted octanol–water partition coefficient (Wildman–Crippen LogP) is 2.55. The van der Waals surface area contributed by atoms with E-state index in [1.807, 2.05) is 16.8 Å². The quantitative estimate of drug-likeness (QED) is 0.852. The summed E-state index contributed by atoms with van der Waals surface area (Å²) in [6.45, 7) is 0. The Morgan fingerprint density at radius 1 is 1.41 bits per heavy atom. The maximum Gasteiger partial charge on any atom is 0.152 e. The lowest BCUT2D eigenvalue weighted by atomic mass is 10.1. The van der Waals surface area contributed by atoms with Gasteiger partial charge in [0.2, 0.25) is 0 Å². The maximum atomic E-state index is 5.99. The number of anilines is 1. The fraction of sp³-hybridized carbons (Fsp3) is 0.500. The first-order valence-corrected chi connectivity index (χ1v) is 6.53. The summed E-state index contributed by atoms with van der Waals surface area (Å²) in [7, 11) is 0. The van der Waals surface area contributed by atoms with Crippen molar-refractivity contribution in [1.82, 2.24) is 14.6 Å². The second kappa shape index (κ2) is 4.53. The third-order valence-electron chi connectivity index (χ3n) is 3.50. The van der Waals surface area contributed by atoms with Crippen molar-refractivity contribution in [3.8, 4) is 0 Å². The van der Waals surface area contributed by atoms with Crippen LogP contribution in [0.15, 0.2) is 24.7 Å². The van der Waals surface area contributed by atoms with Crippen LogP contribution >= 0.6 is 11.6 Å². The van der Waals surface area contributed by atoms with Gasteiger partial charge in [0.1, 0.15) is 5.52 Å². The summed E-state index contributed by atoms with van der Waals surface area (Å²) in [5, 5.41) is 7.72. The van der Waals surface area contributed by atoms with E-state index in [0.717, 1.165) is 17.2 Å². The van der Waals surface area contributed by atoms with Crippen molar-refractivity contribution < 1.29 is 0 Å². The van der Waals surface area contributed by atoms with Crippen LogP contribution in [0, 0.1) is 5.92 Å². The SMILES string of the molecule is ClCC1CCCC1Nc1nccn2nccc12. The topological polar surface area (TPSA) is 42.2 Å². The molecule has 0 amide bonds. The number of nitrogens with zero attached hydrogens (tertiary/aromatic N) is 3. The number of nitrogens with one attached hydrogen (secondary N) is 1. The molecule has 1 fully saturated rings. The van der Waals surface area contributed by atoms with Gasteiger partial charge in [-0.15, -0.1) is 11.6 Å². The van der Waals surface area contributed by atoms with E-state index in [0.29, 0.717) is 12.0 Å². The average molecular weight is 251 g/mol. The Labute approximate surface area is 105 Å². The Kier molecular flexibility index (Phi) is 2.89. The molecule has 3 rings (SSSR count). The summed E-state index contributed by atoms with van der Waals surface area (Å²) in [5.74, 6) is 2.19. The monoisotopic (exact) mass is 250 g/mol. The van der Waals surface area contributed by atoms with Crippen LogP contribution in [0.1, 0.15) is 19.3 Å². The van der Waals surface area contributed by atoms with E-state index < -0.39 is 0 Å². The third-order valence-corrected chi connectivity index (χ3v) is 3.90. The number of rotatable bonds is 3. The first-order valence-electron chi connectivity index (χ1n) is 5.99. The van der Waals surface area contributed by atoms with E-state index in [-0.39, 0.29) is 0 Å². The van der Waals surface area contributed by atoms with Crippen LogP contribution in [0.5, 0.6) is 0 Å². The summed E-state index contributed by atoms with van der Waals surface area (Å²) in [6.07, 6.45) is 9.05. The molecule has 1 N–H and O–H groups in total. The van der Waals surface area contributed by atoms with Crippen molar-refractivity contribution in [2.75, 3.05) is 11.2 Å². The molecule has 1 saturated carbocycles. The zero-order valence-corrected chi connectivity index (χ0v) is 10.3. The summed E-state index contributed by atoms with van der Waals surface area (Å²) in [6, 6.07) is 2.42. The molecule has 0 radical (unpaired) electrons. The van der Waals surface area contributed by atoms with Crippen LogP contribution in [-0.2, 0) is 0 Å². The number of hydrogen-bond acceptors (Lipinski definition) is 3. The minimum atomic E-state index is 0.445. The van der Waals surface area contributed by atoms with Crippen LogP contribution in [0.3, 0.4) is 0 Å². The minimum Gasteiger partial charge on any atom is -0.365 e. The molecule has 2 unspecified atom stereocenters. The molecule has 90 valence electrons. The van der Waals surface area contributed by atoms with E-state index >= 15 is 0 Å². The van der Waals surface area contributed by atoms with Crippen molar-refractivity contribution in [1.29, 1.82) is 0 Å². The van der Waals surface area contributed by atoms with Crippen LogP contribution in [-0.4, -0.2) is 26.5 Å². The minimum absolute atomic E-state index is 0.445. The number of fused-ring (bicyclic) bond motifs is 1. The van der Waals surface area contributed by atoms with Gasteiger partial charge in [0, 0.05) is 24.3 Å². The Morgan fingerprint density at radius 3 is 3.24 bits per heavy atom. The second-order valence-electron chi connectivity index (χ2n) is 4.53. The molecular formula is C12H15ClN4. The molecule has 0 bridgehead atoms. The zero-order valence-electron chi connectivity index (χ0n) is 9.51. The fourth-order valence-electron chi connectivity index (χ4n) is 2.56. The lowest BCUT2D eigenvalue weighted by Gasteiger charge is -2.19. The van der Waals surface area contributed by atoms with Crippen molar-refractivity contribution in [3.05, 3.63) is 24.7 Å². The second-order valence-corrected chi connectivity index (χ2v) is 4.84. The number of hydrogen-bond donors (Lipinski definition) is 1. The first-order chi connectivity index (χ1) is 8.38. The van der Waals surface area contributed by atoms with Crippen LogP contribution in [0.25, 0.3) is 5.52 Å². The normalized spacial score (nSPS) is 24.3. The lowest BCUT2D eigenvalue weighted by molar-refractivity contribution is 0.561. The molecule has 0 saturated heterocycles. The Hall–Kier alpha value is -1.29. The molecule has 4 nitrogen and oxygen atoms in total. The van der Waals surface area contributed by atoms with Gasteiger partial charge in [0.15, 0.2) is 5.82 Å². The Balaban J connectivity index is 1.87. The average Bonchev–Trinajstić information content (AvgIpc) is 2.97. The molecule has 2 aromatic rings. The van der Waals surface area contributed by atoms with Crippen LogP contribution in [0.4, 0.5) is 5.82 Å². The smallest absolute Gasteiger partial charge is 0.152 e. The number of alkyl halides is 1. The highest BCUT2D eigenvalue weighted by Gasteiger charge is 2.27. The fourth-order valence-corrected chi connectivity index (χ4v) is 2.93. The van der Waals surface area contributed by atoms with Crippen molar-refractivity contribution in [3.63, 3.8) is 0 Å². The highest BCUT2D eigenvalue weighted by atomic mass is 35.5. The molecule has 5 heteroatoms. The summed E-state index contributed by atoms with van der Waals surface area (Å²) < 4.78 is 1.83. The predicted molar refractivity (Wildman–Crippen MR) is 68.5 cm³/mol. The summed E-state index contributed by atoms with van der Waals surface area (Å²) in [4.78, 5) is 4.40. The molecule has 17 heavy (non-hydrogen) atoms. The molecular weight excluding hydrogens is 236 g/mol. The molecule has 1 aliphatic rings. The van der Waals surface area contributed by atoms with Gasteiger partial charge in [-0.1, -0.05) is 6.42 Å². The molecule has 2 aromatic heterocycles. The van der Waals surface area contributed by atoms with Gasteiger partial charge in [0.25, 0.3) is 0 Å². The number of aromatic nitrogens is 3. The van der Waals surface area contributed by atoms with Gasteiger partial charge in [-0.3, -0.25) is 0 Å². The van der Waals surface area contributed by atoms with Crippen LogP contribution < -0.4 is 5.32 Å². The van der Waals surface area contributed by atoms with E-state index in [1.54, 1.807) is 12.4 Å². The van der Waals surface area contributed by atoms with E-state index in [2.05, 4.69) is 15.4 Å². The summed E-state index contributed by atoms with van der Waals surface area (Å²) >= 11 is 5.99. The zero-order chi connectivity index (χ0) is 11.7. The highest BCUT2D eigenvalue weighted by Crippen LogP contribution is 2.29. The van der Waals surface area contributed by atoms with Gasteiger partial charge in [0.05, 0.1) is 6.20 Å². The number of halogens is 1. The van der Waals surface area contributed by atoms with Crippen molar-refractivity contribution >= 4 is 22.9 Å². The summed E-state index contributed by atoms with van der Waals surface area (Å²) in [5.41, 5.74) is 1.02. The Morgan fingerprint density at radius 2 is 2.35 bits per heavy atom. The van der Waals surface area contributed by atoms with Crippen LogP contribution in [0.2, 0.25) is 0 Å². The Bertz CT molecular complexity index is 510. The molecule has 2 atom stereocenters. The first kappa shape index (κ1) is 10.8. The van der Waals surface area contributed by atoms with E-state index in [1.165, 1.54) is 19.3 Å². The molecule has 0 spiro atoms. The van der Waals surface area contributed by atoms with Gasteiger partial charge < -0.3 is 5.32 Å². The highest BCUT2D eigenvalue weighted by molar-refractivity contribution is 6.18. The van der Waals surface area contributed by atoms with Gasteiger partial charge in [-0.2, -0.15) is 5.10 Å². The van der Waals surface area contributed by atoms with E-state index in [4.69, 9.17) is 11.6 Å². The lowest BCUT2D eigenvalue weighted by Crippen LogP contribution is -2.25. The van der Waals surface area contributed by atoms with E-state index in [9.17, 15) is 0 Å². The van der Waals surface area contributed by atoms with Crippen molar-refractivity contribution in [2.24, 2.45) is 5.92 Å². The molecule has 1 aliphatic carbocycles. The standard InChI is InChI=1S/C12H15ClN4/c13-8-9-2-1-3-10(9)16-12-11-4-5-15-17(11)7-6-14-12/h4-7,9-10H,1-3,8H2,(H,14,16). The largest absolute Gasteiger partial charge is 0.365 e. The maximum absolute atomic E-state index is 5.99. The van der Waals surface area contributed by atoms with Crippen molar-refractivity contribution in [2.45, 2.75) is 25.3 Å². The van der Waals surface area contributed by atoms with Gasteiger partial charge in [-0.25, -0.2) is 9.50 Å². The third kappa shape index (κ3) is 1.97. The molecule has 2 heterocycles. The van der Waals surface area contributed by atoms with Gasteiger partial charge >= 0.3 is 0 Å². The molecule has 0 aromatic carbocycles.